The summed E-state index contributed by atoms with van der Waals surface area (Å²) in [6.07, 6.45) is -5.11. The molecule has 1 rings (SSSR count). The first-order valence-corrected chi connectivity index (χ1v) is 6.91. The average Bonchev–Trinajstić information content (AvgIpc) is 2.39. The molecule has 0 aliphatic heterocycles. The molecule has 1 N–H and O–H groups in total. The van der Waals surface area contributed by atoms with E-state index < -0.39 is 24.8 Å². The van der Waals surface area contributed by atoms with Crippen molar-refractivity contribution in [3.8, 4) is 5.75 Å². The number of benzene rings is 1. The second-order valence-corrected chi connectivity index (χ2v) is 5.09. The molecule has 8 heteroatoms. The van der Waals surface area contributed by atoms with Gasteiger partial charge in [-0.15, -0.1) is 0 Å². The minimum absolute atomic E-state index is 0.0110. The van der Waals surface area contributed by atoms with Gasteiger partial charge >= 0.3 is 6.18 Å². The van der Waals surface area contributed by atoms with Gasteiger partial charge in [-0.05, 0) is 31.2 Å². The van der Waals surface area contributed by atoms with Gasteiger partial charge in [-0.1, -0.05) is 15.9 Å². The van der Waals surface area contributed by atoms with Crippen molar-refractivity contribution in [1.82, 2.24) is 5.32 Å². The normalized spacial score (nSPS) is 12.8. The van der Waals surface area contributed by atoms with E-state index in [-0.39, 0.29) is 13.2 Å². The van der Waals surface area contributed by atoms with Crippen molar-refractivity contribution in [2.24, 2.45) is 0 Å². The lowest BCUT2D eigenvalue weighted by Gasteiger charge is -2.15. The van der Waals surface area contributed by atoms with Crippen LogP contribution in [-0.4, -0.2) is 37.9 Å². The number of rotatable bonds is 7. The van der Waals surface area contributed by atoms with E-state index in [1.54, 1.807) is 31.2 Å². The molecule has 0 saturated carbocycles. The Morgan fingerprint density at radius 2 is 1.95 bits per heavy atom. The van der Waals surface area contributed by atoms with Gasteiger partial charge in [-0.25, -0.2) is 0 Å². The van der Waals surface area contributed by atoms with E-state index in [1.807, 2.05) is 0 Å². The van der Waals surface area contributed by atoms with Crippen LogP contribution in [0.1, 0.15) is 6.92 Å². The van der Waals surface area contributed by atoms with Gasteiger partial charge in [0.25, 0.3) is 5.91 Å². The third kappa shape index (κ3) is 7.91. The predicted molar refractivity (Wildman–Crippen MR) is 74.1 cm³/mol. The second-order valence-electron chi connectivity index (χ2n) is 4.17. The van der Waals surface area contributed by atoms with Gasteiger partial charge in [0, 0.05) is 11.0 Å². The molecule has 1 atom stereocenters. The summed E-state index contributed by atoms with van der Waals surface area (Å²) in [5.41, 5.74) is 0. The van der Waals surface area contributed by atoms with E-state index in [0.717, 1.165) is 4.47 Å². The van der Waals surface area contributed by atoms with Crippen LogP contribution in [0.4, 0.5) is 13.2 Å². The van der Waals surface area contributed by atoms with E-state index in [1.165, 1.54) is 0 Å². The number of alkyl halides is 3. The second kappa shape index (κ2) is 8.23. The molecule has 0 saturated heterocycles. The fraction of sp³-hybridized carbons (Fsp3) is 0.462. The van der Waals surface area contributed by atoms with E-state index in [2.05, 4.69) is 26.0 Å². The fourth-order valence-electron chi connectivity index (χ4n) is 1.35. The molecule has 118 valence electrons. The van der Waals surface area contributed by atoms with Gasteiger partial charge in [-0.2, -0.15) is 13.2 Å². The zero-order valence-corrected chi connectivity index (χ0v) is 12.8. The minimum atomic E-state index is -4.36. The summed E-state index contributed by atoms with van der Waals surface area (Å²) in [7, 11) is 0. The first kappa shape index (κ1) is 17.8. The van der Waals surface area contributed by atoms with Gasteiger partial charge in [-0.3, -0.25) is 4.79 Å². The lowest BCUT2D eigenvalue weighted by molar-refractivity contribution is -0.173. The molecular weight excluding hydrogens is 355 g/mol. The lowest BCUT2D eigenvalue weighted by Crippen LogP contribution is -2.38. The lowest BCUT2D eigenvalue weighted by atomic mass is 10.3. The Balaban J connectivity index is 2.24. The Kier molecular flexibility index (Phi) is 6.97. The number of halogens is 4. The maximum Gasteiger partial charge on any atom is 0.411 e. The molecule has 0 aliphatic rings. The van der Waals surface area contributed by atoms with Crippen LogP contribution in [0.15, 0.2) is 28.7 Å². The van der Waals surface area contributed by atoms with Crippen molar-refractivity contribution in [1.29, 1.82) is 0 Å². The summed E-state index contributed by atoms with van der Waals surface area (Å²) in [6.45, 7) is 0.000963. The van der Waals surface area contributed by atoms with Crippen LogP contribution in [-0.2, 0) is 9.53 Å². The molecule has 0 bridgehead atoms. The largest absolute Gasteiger partial charge is 0.481 e. The molecule has 0 heterocycles. The number of hydrogen-bond donors (Lipinski definition) is 1. The van der Waals surface area contributed by atoms with Crippen molar-refractivity contribution in [2.45, 2.75) is 19.2 Å². The van der Waals surface area contributed by atoms with E-state index in [4.69, 9.17) is 4.74 Å². The molecule has 0 aromatic heterocycles. The molecule has 1 aromatic rings. The molecule has 1 unspecified atom stereocenters. The molecule has 21 heavy (non-hydrogen) atoms. The first-order chi connectivity index (χ1) is 9.78. The van der Waals surface area contributed by atoms with Crippen molar-refractivity contribution in [2.75, 3.05) is 19.8 Å². The van der Waals surface area contributed by atoms with Gasteiger partial charge < -0.3 is 14.8 Å². The summed E-state index contributed by atoms with van der Waals surface area (Å²) in [6, 6.07) is 6.93. The van der Waals surface area contributed by atoms with Crippen LogP contribution in [0.2, 0.25) is 0 Å². The van der Waals surface area contributed by atoms with Crippen LogP contribution in [0.3, 0.4) is 0 Å². The molecular formula is C13H15BrF3NO3. The highest BCUT2D eigenvalue weighted by atomic mass is 79.9. The maximum absolute atomic E-state index is 11.8. The number of ether oxygens (including phenoxy) is 2. The van der Waals surface area contributed by atoms with Crippen LogP contribution >= 0.6 is 15.9 Å². The van der Waals surface area contributed by atoms with Crippen molar-refractivity contribution >= 4 is 21.8 Å². The van der Waals surface area contributed by atoms with Crippen LogP contribution in [0, 0.1) is 0 Å². The molecule has 1 amide bonds. The quantitative estimate of drug-likeness (QED) is 0.751. The highest BCUT2D eigenvalue weighted by Crippen LogP contribution is 2.17. The topological polar surface area (TPSA) is 47.6 Å². The zero-order chi connectivity index (χ0) is 15.9. The third-order valence-corrected chi connectivity index (χ3v) is 2.84. The Morgan fingerprint density at radius 1 is 1.33 bits per heavy atom. The predicted octanol–water partition coefficient (Wildman–Crippen LogP) is 2.91. The standard InChI is InChI=1S/C13H15BrF3NO3/c1-9(21-11-4-2-10(14)3-5-11)12(19)18-6-7-20-8-13(15,16)17/h2-5,9H,6-8H2,1H3,(H,18,19). The Hall–Kier alpha value is -1.28. The highest BCUT2D eigenvalue weighted by molar-refractivity contribution is 9.10. The Labute approximate surface area is 128 Å². The molecule has 0 radical (unpaired) electrons. The molecule has 0 fully saturated rings. The maximum atomic E-state index is 11.8. The molecule has 4 nitrogen and oxygen atoms in total. The number of amides is 1. The monoisotopic (exact) mass is 369 g/mol. The first-order valence-electron chi connectivity index (χ1n) is 6.12. The SMILES string of the molecule is CC(Oc1ccc(Br)cc1)C(=O)NCCOCC(F)(F)F. The van der Waals surface area contributed by atoms with Crippen molar-refractivity contribution < 1.29 is 27.4 Å². The summed E-state index contributed by atoms with van der Waals surface area (Å²) in [4.78, 5) is 11.7. The number of hydrogen-bond acceptors (Lipinski definition) is 3. The summed E-state index contributed by atoms with van der Waals surface area (Å²) in [5, 5.41) is 2.43. The van der Waals surface area contributed by atoms with E-state index in [0.29, 0.717) is 5.75 Å². The summed E-state index contributed by atoms with van der Waals surface area (Å²) in [5.74, 6) is 0.0997. The van der Waals surface area contributed by atoms with Gasteiger partial charge in [0.05, 0.1) is 6.61 Å². The smallest absolute Gasteiger partial charge is 0.411 e. The number of carbonyl (C=O) groups excluding carboxylic acids is 1. The minimum Gasteiger partial charge on any atom is -0.481 e. The van der Waals surface area contributed by atoms with E-state index in [9.17, 15) is 18.0 Å². The van der Waals surface area contributed by atoms with Gasteiger partial charge in [0.15, 0.2) is 6.10 Å². The third-order valence-electron chi connectivity index (χ3n) is 2.31. The molecule has 1 aromatic carbocycles. The Bertz CT molecular complexity index is 451. The molecule has 0 aliphatic carbocycles. The van der Waals surface area contributed by atoms with E-state index >= 15 is 0 Å². The van der Waals surface area contributed by atoms with Crippen molar-refractivity contribution in [3.63, 3.8) is 0 Å². The Morgan fingerprint density at radius 3 is 2.52 bits per heavy atom. The van der Waals surface area contributed by atoms with Crippen LogP contribution in [0.5, 0.6) is 5.75 Å². The summed E-state index contributed by atoms with van der Waals surface area (Å²) < 4.78 is 46.1. The average molecular weight is 370 g/mol. The molecule has 0 spiro atoms. The number of carbonyl (C=O) groups is 1. The van der Waals surface area contributed by atoms with Gasteiger partial charge in [0.2, 0.25) is 0 Å². The highest BCUT2D eigenvalue weighted by Gasteiger charge is 2.27. The zero-order valence-electron chi connectivity index (χ0n) is 11.2. The van der Waals surface area contributed by atoms with Crippen LogP contribution in [0.25, 0.3) is 0 Å². The van der Waals surface area contributed by atoms with Gasteiger partial charge in [0.1, 0.15) is 12.4 Å². The van der Waals surface area contributed by atoms with Crippen molar-refractivity contribution in [3.05, 3.63) is 28.7 Å². The summed E-state index contributed by atoms with van der Waals surface area (Å²) >= 11 is 3.27. The fourth-order valence-corrected chi connectivity index (χ4v) is 1.61. The number of nitrogens with one attached hydrogen (secondary N) is 1. The van der Waals surface area contributed by atoms with Crippen LogP contribution < -0.4 is 10.1 Å².